The lowest BCUT2D eigenvalue weighted by atomic mass is 10.1. The molecule has 0 fully saturated rings. The number of amides is 1. The van der Waals surface area contributed by atoms with Gasteiger partial charge in [-0.25, -0.2) is 14.5 Å². The van der Waals surface area contributed by atoms with E-state index in [4.69, 9.17) is 4.98 Å². The van der Waals surface area contributed by atoms with E-state index in [1.807, 2.05) is 37.3 Å². The number of rotatable bonds is 4. The smallest absolute Gasteiger partial charge is 0.267 e. The summed E-state index contributed by atoms with van der Waals surface area (Å²) in [6, 6.07) is 15.7. The van der Waals surface area contributed by atoms with Gasteiger partial charge in [-0.3, -0.25) is 14.2 Å². The molecule has 6 rings (SSSR count). The minimum Gasteiger partial charge on any atom is -0.342 e. The fourth-order valence-electron chi connectivity index (χ4n) is 4.53. The first-order valence-corrected chi connectivity index (χ1v) is 13.3. The zero-order chi connectivity index (χ0) is 27.8. The van der Waals surface area contributed by atoms with Gasteiger partial charge in [0.25, 0.3) is 11.5 Å². The summed E-state index contributed by atoms with van der Waals surface area (Å²) in [5, 5.41) is 17.2. The van der Waals surface area contributed by atoms with Crippen LogP contribution in [0.15, 0.2) is 71.8 Å². The highest BCUT2D eigenvalue weighted by molar-refractivity contribution is 7.11. The van der Waals surface area contributed by atoms with Crippen molar-refractivity contribution in [3.8, 4) is 17.5 Å². The largest absolute Gasteiger partial charge is 0.342 e. The first kappa shape index (κ1) is 25.1. The van der Waals surface area contributed by atoms with Gasteiger partial charge in [0.1, 0.15) is 16.4 Å². The van der Waals surface area contributed by atoms with Gasteiger partial charge in [-0.2, -0.15) is 5.10 Å². The molecule has 0 aliphatic heterocycles. The minimum atomic E-state index is -0.637. The predicted octanol–water partition coefficient (Wildman–Crippen LogP) is 3.79. The van der Waals surface area contributed by atoms with Crippen molar-refractivity contribution in [2.75, 3.05) is 0 Å². The van der Waals surface area contributed by atoms with Crippen molar-refractivity contribution in [3.05, 3.63) is 110 Å². The van der Waals surface area contributed by atoms with Crippen LogP contribution in [0.2, 0.25) is 0 Å². The maximum Gasteiger partial charge on any atom is 0.267 e. The van der Waals surface area contributed by atoms with Crippen molar-refractivity contribution in [1.29, 1.82) is 0 Å². The zero-order valence-corrected chi connectivity index (χ0v) is 22.6. The Morgan fingerprint density at radius 3 is 2.62 bits per heavy atom. The monoisotopic (exact) mass is 546 g/mol. The van der Waals surface area contributed by atoms with Crippen molar-refractivity contribution < 1.29 is 4.79 Å². The number of fused-ring (bicyclic) bond motifs is 2. The van der Waals surface area contributed by atoms with Crippen molar-refractivity contribution >= 4 is 33.8 Å². The summed E-state index contributed by atoms with van der Waals surface area (Å²) in [7, 11) is 0. The van der Waals surface area contributed by atoms with E-state index in [2.05, 4.69) is 37.4 Å². The molecule has 6 aromatic rings. The van der Waals surface area contributed by atoms with Crippen molar-refractivity contribution in [2.45, 2.75) is 26.8 Å². The fraction of sp³-hybridized carbons (Fsp3) is 0.138. The second-order valence-electron chi connectivity index (χ2n) is 9.07. The molecule has 0 bridgehead atoms. The average Bonchev–Trinajstić information content (AvgIpc) is 3.53. The van der Waals surface area contributed by atoms with Gasteiger partial charge < -0.3 is 5.32 Å². The molecule has 196 valence electrons. The summed E-state index contributed by atoms with van der Waals surface area (Å²) in [5.74, 6) is 6.10. The van der Waals surface area contributed by atoms with Gasteiger partial charge in [0.05, 0.1) is 28.3 Å². The van der Waals surface area contributed by atoms with E-state index in [0.717, 1.165) is 5.01 Å². The summed E-state index contributed by atoms with van der Waals surface area (Å²) >= 11 is 1.38. The summed E-state index contributed by atoms with van der Waals surface area (Å²) in [5.41, 5.74) is 2.70. The molecule has 0 aliphatic rings. The highest BCUT2D eigenvalue weighted by Crippen LogP contribution is 2.21. The number of carbonyl (C=O) groups excluding carboxylic acids is 1. The quantitative estimate of drug-likeness (QED) is 0.334. The van der Waals surface area contributed by atoms with Gasteiger partial charge in [0.2, 0.25) is 0 Å². The summed E-state index contributed by atoms with van der Waals surface area (Å²) in [4.78, 5) is 36.8. The number of carbonyl (C=O) groups is 1. The molecule has 40 heavy (non-hydrogen) atoms. The molecule has 0 radical (unpaired) electrons. The highest BCUT2D eigenvalue weighted by Gasteiger charge is 2.24. The van der Waals surface area contributed by atoms with E-state index in [0.29, 0.717) is 49.9 Å². The Kier molecular flexibility index (Phi) is 6.37. The second kappa shape index (κ2) is 10.2. The van der Waals surface area contributed by atoms with Gasteiger partial charge >= 0.3 is 0 Å². The lowest BCUT2D eigenvalue weighted by Crippen LogP contribution is -2.33. The molecule has 0 saturated heterocycles. The number of aryl methyl sites for hydroxylation is 2. The molecule has 1 amide bonds. The number of hydrogen-bond acceptors (Lipinski definition) is 8. The van der Waals surface area contributed by atoms with Crippen LogP contribution in [0.25, 0.3) is 22.2 Å². The third-order valence-electron chi connectivity index (χ3n) is 6.30. The molecule has 0 saturated carbocycles. The molecular weight excluding hydrogens is 524 g/mol. The first-order valence-electron chi connectivity index (χ1n) is 12.4. The Labute approximate surface area is 232 Å². The third kappa shape index (κ3) is 4.50. The Balaban J connectivity index is 1.48. The van der Waals surface area contributed by atoms with E-state index in [9.17, 15) is 9.59 Å². The van der Waals surface area contributed by atoms with Crippen LogP contribution in [0.5, 0.6) is 0 Å². The third-order valence-corrected chi connectivity index (χ3v) is 7.05. The van der Waals surface area contributed by atoms with Gasteiger partial charge in [-0.05, 0) is 57.0 Å². The molecule has 1 atom stereocenters. The maximum absolute atomic E-state index is 14.1. The average molecular weight is 547 g/mol. The van der Waals surface area contributed by atoms with E-state index in [1.54, 1.807) is 55.0 Å². The molecule has 10 nitrogen and oxygen atoms in total. The van der Waals surface area contributed by atoms with Gasteiger partial charge in [0, 0.05) is 18.0 Å². The second-order valence-corrected chi connectivity index (χ2v) is 10.2. The standard InChI is InChI=1S/C29H22N8O2S/c1-17-24(27-30-15-8-16-36(27)35-17)28(38)31-18(2)26-32-22-12-7-9-20(13-14-23-34-33-19(3)40-23)25(22)29(39)37(26)21-10-5-4-6-11-21/h4-12,15-16,18H,1-3H3,(H,31,38)/t18-/m0/s1. The van der Waals surface area contributed by atoms with Crippen LogP contribution in [-0.2, 0) is 0 Å². The van der Waals surface area contributed by atoms with Crippen molar-refractivity contribution in [2.24, 2.45) is 0 Å². The molecule has 4 aromatic heterocycles. The Morgan fingerprint density at radius 2 is 1.85 bits per heavy atom. The van der Waals surface area contributed by atoms with Crippen molar-refractivity contribution in [1.82, 2.24) is 39.7 Å². The molecule has 2 aromatic carbocycles. The van der Waals surface area contributed by atoms with Gasteiger partial charge in [-0.1, -0.05) is 41.5 Å². The minimum absolute atomic E-state index is 0.292. The summed E-state index contributed by atoms with van der Waals surface area (Å²) in [6.07, 6.45) is 3.35. The molecule has 0 spiro atoms. The highest BCUT2D eigenvalue weighted by atomic mass is 32.1. The van der Waals surface area contributed by atoms with E-state index in [-0.39, 0.29) is 11.5 Å². The molecule has 0 unspecified atom stereocenters. The molecule has 0 aliphatic carbocycles. The van der Waals surface area contributed by atoms with Crippen LogP contribution in [-0.4, -0.2) is 40.3 Å². The number of nitrogens with zero attached hydrogens (tertiary/aromatic N) is 7. The normalized spacial score (nSPS) is 11.8. The number of aromatic nitrogens is 7. The van der Waals surface area contributed by atoms with E-state index >= 15 is 0 Å². The van der Waals surface area contributed by atoms with Crippen LogP contribution in [0.4, 0.5) is 0 Å². The van der Waals surface area contributed by atoms with E-state index in [1.165, 1.54) is 15.9 Å². The first-order chi connectivity index (χ1) is 19.4. The maximum atomic E-state index is 14.1. The molecule has 1 N–H and O–H groups in total. The fourth-order valence-corrected chi connectivity index (χ4v) is 5.08. The summed E-state index contributed by atoms with van der Waals surface area (Å²) < 4.78 is 3.09. The Morgan fingerprint density at radius 1 is 1.02 bits per heavy atom. The SMILES string of the molecule is Cc1nnc(C#Cc2cccc3nc([C@H](C)NC(=O)c4c(C)nn5cccnc45)n(-c4ccccc4)c(=O)c23)s1. The zero-order valence-electron chi connectivity index (χ0n) is 21.8. The van der Waals surface area contributed by atoms with Gasteiger partial charge in [-0.15, -0.1) is 10.2 Å². The lowest BCUT2D eigenvalue weighted by molar-refractivity contribution is 0.0938. The van der Waals surface area contributed by atoms with Crippen LogP contribution < -0.4 is 10.9 Å². The van der Waals surface area contributed by atoms with E-state index < -0.39 is 6.04 Å². The van der Waals surface area contributed by atoms with Gasteiger partial charge in [0.15, 0.2) is 10.7 Å². The number of hydrogen-bond donors (Lipinski definition) is 1. The molecule has 4 heterocycles. The van der Waals surface area contributed by atoms with Crippen LogP contribution in [0, 0.1) is 25.7 Å². The molecular formula is C29H22N8O2S. The predicted molar refractivity (Wildman–Crippen MR) is 152 cm³/mol. The van der Waals surface area contributed by atoms with Crippen LogP contribution >= 0.6 is 11.3 Å². The Hall–Kier alpha value is -5.21. The van der Waals surface area contributed by atoms with Crippen LogP contribution in [0.1, 0.15) is 50.4 Å². The summed E-state index contributed by atoms with van der Waals surface area (Å²) in [6.45, 7) is 5.41. The van der Waals surface area contributed by atoms with Crippen LogP contribution in [0.3, 0.4) is 0 Å². The molecule has 11 heteroatoms. The Bertz CT molecular complexity index is 2030. The topological polar surface area (TPSA) is 120 Å². The van der Waals surface area contributed by atoms with Crippen molar-refractivity contribution in [3.63, 3.8) is 0 Å². The lowest BCUT2D eigenvalue weighted by Gasteiger charge is -2.20. The number of benzene rings is 2. The number of para-hydroxylation sites is 1. The number of nitrogens with one attached hydrogen (secondary N) is 1.